The molecule has 3 aromatic rings. The van der Waals surface area contributed by atoms with Crippen molar-refractivity contribution in [3.05, 3.63) is 52.5 Å². The number of phenolic OH excluding ortho intramolecular Hbond substituents is 1. The Morgan fingerprint density at radius 1 is 1.24 bits per heavy atom. The quantitative estimate of drug-likeness (QED) is 0.733. The summed E-state index contributed by atoms with van der Waals surface area (Å²) in [5.41, 5.74) is 4.80. The van der Waals surface area contributed by atoms with E-state index < -0.39 is 0 Å². The van der Waals surface area contributed by atoms with Crippen LogP contribution in [0, 0.1) is 0 Å². The van der Waals surface area contributed by atoms with Gasteiger partial charge in [0, 0.05) is 6.04 Å². The normalized spacial score (nSPS) is 12.5. The van der Waals surface area contributed by atoms with Gasteiger partial charge in [0.15, 0.2) is 0 Å². The van der Waals surface area contributed by atoms with E-state index >= 15 is 0 Å². The fraction of sp³-hybridized carbons (Fsp3) is 0.188. The van der Waals surface area contributed by atoms with E-state index in [9.17, 15) is 5.11 Å². The van der Waals surface area contributed by atoms with E-state index in [0.29, 0.717) is 5.02 Å². The number of anilines is 1. The summed E-state index contributed by atoms with van der Waals surface area (Å²) in [6.45, 7) is 2.11. The standard InChI is InChI=1S/C16H15ClN2OS/c1-10(8-11-2-4-12(20)5-3-11)19-15-13(17)6-7-14-16(15)18-9-21-14/h2-7,9-10,19-20H,8H2,1H3. The van der Waals surface area contributed by atoms with Gasteiger partial charge < -0.3 is 10.4 Å². The number of rotatable bonds is 4. The average molecular weight is 319 g/mol. The molecule has 5 heteroatoms. The van der Waals surface area contributed by atoms with Crippen molar-refractivity contribution >= 4 is 38.8 Å². The Hall–Kier alpha value is -1.78. The molecule has 1 atom stereocenters. The molecule has 108 valence electrons. The molecule has 2 aromatic carbocycles. The summed E-state index contributed by atoms with van der Waals surface area (Å²) >= 11 is 7.90. The van der Waals surface area contributed by atoms with Crippen molar-refractivity contribution in [3.63, 3.8) is 0 Å². The first-order chi connectivity index (χ1) is 10.1. The van der Waals surface area contributed by atoms with E-state index in [4.69, 9.17) is 11.6 Å². The number of halogens is 1. The number of benzene rings is 2. The lowest BCUT2D eigenvalue weighted by Gasteiger charge is -2.17. The minimum atomic E-state index is 0.208. The monoisotopic (exact) mass is 318 g/mol. The molecule has 0 spiro atoms. The van der Waals surface area contributed by atoms with Crippen molar-refractivity contribution in [2.75, 3.05) is 5.32 Å². The number of aromatic nitrogens is 1. The molecule has 3 rings (SSSR count). The molecule has 0 aliphatic rings. The van der Waals surface area contributed by atoms with Gasteiger partial charge >= 0.3 is 0 Å². The number of hydrogen-bond acceptors (Lipinski definition) is 4. The van der Waals surface area contributed by atoms with Crippen LogP contribution in [0.5, 0.6) is 5.75 Å². The summed E-state index contributed by atoms with van der Waals surface area (Å²) < 4.78 is 1.12. The van der Waals surface area contributed by atoms with Crippen LogP contribution in [0.1, 0.15) is 12.5 Å². The Morgan fingerprint density at radius 2 is 2.00 bits per heavy atom. The number of nitrogens with zero attached hydrogens (tertiary/aromatic N) is 1. The Bertz CT molecular complexity index is 755. The summed E-state index contributed by atoms with van der Waals surface area (Å²) in [5, 5.41) is 13.5. The highest BCUT2D eigenvalue weighted by molar-refractivity contribution is 7.16. The zero-order chi connectivity index (χ0) is 14.8. The number of aromatic hydroxyl groups is 1. The van der Waals surface area contributed by atoms with E-state index in [2.05, 4.69) is 17.2 Å². The van der Waals surface area contributed by atoms with Crippen LogP contribution >= 0.6 is 22.9 Å². The van der Waals surface area contributed by atoms with Crippen LogP contribution in [0.3, 0.4) is 0 Å². The van der Waals surface area contributed by atoms with Gasteiger partial charge in [-0.2, -0.15) is 0 Å². The molecule has 21 heavy (non-hydrogen) atoms. The van der Waals surface area contributed by atoms with E-state index in [1.165, 1.54) is 0 Å². The summed E-state index contributed by atoms with van der Waals surface area (Å²) in [6.07, 6.45) is 0.844. The smallest absolute Gasteiger partial charge is 0.115 e. The molecular formula is C16H15ClN2OS. The largest absolute Gasteiger partial charge is 0.508 e. The molecule has 0 saturated carbocycles. The first-order valence-corrected chi connectivity index (χ1v) is 7.95. The average Bonchev–Trinajstić information content (AvgIpc) is 2.93. The van der Waals surface area contributed by atoms with Crippen molar-refractivity contribution in [2.45, 2.75) is 19.4 Å². The third-order valence-electron chi connectivity index (χ3n) is 3.32. The topological polar surface area (TPSA) is 45.1 Å². The van der Waals surface area contributed by atoms with Crippen molar-refractivity contribution in [2.24, 2.45) is 0 Å². The van der Waals surface area contributed by atoms with Gasteiger partial charge in [0.05, 0.1) is 20.9 Å². The van der Waals surface area contributed by atoms with Crippen LogP contribution in [0.4, 0.5) is 5.69 Å². The summed E-state index contributed by atoms with van der Waals surface area (Å²) in [4.78, 5) is 4.39. The fourth-order valence-corrected chi connectivity index (χ4v) is 3.22. The maximum Gasteiger partial charge on any atom is 0.115 e. The SMILES string of the molecule is CC(Cc1ccc(O)cc1)Nc1c(Cl)ccc2scnc12. The first-order valence-electron chi connectivity index (χ1n) is 6.69. The van der Waals surface area contributed by atoms with Crippen molar-refractivity contribution in [1.82, 2.24) is 4.98 Å². The zero-order valence-electron chi connectivity index (χ0n) is 11.5. The van der Waals surface area contributed by atoms with Gasteiger partial charge in [-0.3, -0.25) is 0 Å². The molecule has 1 unspecified atom stereocenters. The maximum atomic E-state index is 9.32. The van der Waals surface area contributed by atoms with Crippen molar-refractivity contribution < 1.29 is 5.11 Å². The van der Waals surface area contributed by atoms with Gasteiger partial charge in [-0.1, -0.05) is 23.7 Å². The lowest BCUT2D eigenvalue weighted by molar-refractivity contribution is 0.475. The molecule has 1 aromatic heterocycles. The van der Waals surface area contributed by atoms with Gasteiger partial charge in [0.2, 0.25) is 0 Å². The maximum absolute atomic E-state index is 9.32. The minimum Gasteiger partial charge on any atom is -0.508 e. The van der Waals surface area contributed by atoms with Gasteiger partial charge in [0.25, 0.3) is 0 Å². The number of nitrogens with one attached hydrogen (secondary N) is 1. The third kappa shape index (κ3) is 3.12. The van der Waals surface area contributed by atoms with Crippen LogP contribution < -0.4 is 5.32 Å². The van der Waals surface area contributed by atoms with E-state index in [1.54, 1.807) is 23.5 Å². The highest BCUT2D eigenvalue weighted by Crippen LogP contribution is 2.32. The second-order valence-electron chi connectivity index (χ2n) is 5.04. The summed E-state index contributed by atoms with van der Waals surface area (Å²) in [7, 11) is 0. The summed E-state index contributed by atoms with van der Waals surface area (Å²) in [6, 6.07) is 11.4. The Morgan fingerprint density at radius 3 is 2.76 bits per heavy atom. The zero-order valence-corrected chi connectivity index (χ0v) is 13.1. The minimum absolute atomic E-state index is 0.208. The highest BCUT2D eigenvalue weighted by atomic mass is 35.5. The second-order valence-corrected chi connectivity index (χ2v) is 6.33. The third-order valence-corrected chi connectivity index (χ3v) is 4.43. The van der Waals surface area contributed by atoms with Crippen LogP contribution in [0.2, 0.25) is 5.02 Å². The Labute approximate surface area is 132 Å². The van der Waals surface area contributed by atoms with Gasteiger partial charge in [-0.15, -0.1) is 11.3 Å². The van der Waals surface area contributed by atoms with Gasteiger partial charge in [-0.25, -0.2) is 4.98 Å². The molecule has 0 aliphatic carbocycles. The Kier molecular flexibility index (Phi) is 3.99. The molecule has 2 N–H and O–H groups in total. The van der Waals surface area contributed by atoms with Crippen molar-refractivity contribution in [3.8, 4) is 5.75 Å². The molecule has 0 radical (unpaired) electrons. The first kappa shape index (κ1) is 14.2. The van der Waals surface area contributed by atoms with Gasteiger partial charge in [0.1, 0.15) is 11.3 Å². The predicted molar refractivity (Wildman–Crippen MR) is 89.5 cm³/mol. The van der Waals surface area contributed by atoms with Crippen LogP contribution in [0.25, 0.3) is 10.2 Å². The molecule has 0 bridgehead atoms. The Balaban J connectivity index is 1.79. The molecule has 0 fully saturated rings. The summed E-state index contributed by atoms with van der Waals surface area (Å²) in [5.74, 6) is 0.287. The van der Waals surface area contributed by atoms with Crippen LogP contribution in [-0.4, -0.2) is 16.1 Å². The predicted octanol–water partition coefficient (Wildman–Crippen LogP) is 4.70. The van der Waals surface area contributed by atoms with Crippen molar-refractivity contribution in [1.29, 1.82) is 0 Å². The molecule has 0 saturated heterocycles. The lowest BCUT2D eigenvalue weighted by atomic mass is 10.1. The van der Waals surface area contributed by atoms with Crippen LogP contribution in [-0.2, 0) is 6.42 Å². The van der Waals surface area contributed by atoms with E-state index in [1.807, 2.05) is 29.8 Å². The second kappa shape index (κ2) is 5.92. The van der Waals surface area contributed by atoms with Gasteiger partial charge in [-0.05, 0) is 43.2 Å². The number of fused-ring (bicyclic) bond motifs is 1. The highest BCUT2D eigenvalue weighted by Gasteiger charge is 2.12. The van der Waals surface area contributed by atoms with E-state index in [0.717, 1.165) is 27.9 Å². The molecule has 0 aliphatic heterocycles. The number of phenols is 1. The molecular weight excluding hydrogens is 304 g/mol. The fourth-order valence-electron chi connectivity index (χ4n) is 2.33. The molecule has 1 heterocycles. The molecule has 0 amide bonds. The van der Waals surface area contributed by atoms with Crippen LogP contribution in [0.15, 0.2) is 41.9 Å². The number of hydrogen-bond donors (Lipinski definition) is 2. The number of thiazole rings is 1. The molecule has 3 nitrogen and oxygen atoms in total. The van der Waals surface area contributed by atoms with E-state index in [-0.39, 0.29) is 11.8 Å². The lowest BCUT2D eigenvalue weighted by Crippen LogP contribution is -2.18.